The lowest BCUT2D eigenvalue weighted by Crippen LogP contribution is -2.02. The number of ether oxygens (including phenoxy) is 1. The number of aromatic amines is 1. The van der Waals surface area contributed by atoms with E-state index in [1.165, 1.54) is 0 Å². The molecule has 0 saturated carbocycles. The van der Waals surface area contributed by atoms with Gasteiger partial charge in [-0.3, -0.25) is 14.8 Å². The Morgan fingerprint density at radius 1 is 1.04 bits per heavy atom. The van der Waals surface area contributed by atoms with E-state index in [4.69, 9.17) is 9.72 Å². The molecule has 1 N–H and O–H groups in total. The van der Waals surface area contributed by atoms with E-state index < -0.39 is 0 Å². The zero-order valence-electron chi connectivity index (χ0n) is 14.5. The van der Waals surface area contributed by atoms with Gasteiger partial charge in [-0.2, -0.15) is 15.2 Å². The molecule has 132 valence electrons. The number of aryl methyl sites for hydroxylation is 1. The second-order valence-electron chi connectivity index (χ2n) is 6.10. The predicted molar refractivity (Wildman–Crippen MR) is 100.0 cm³/mol. The smallest absolute Gasteiger partial charge is 0.228 e. The summed E-state index contributed by atoms with van der Waals surface area (Å²) in [6.07, 6.45) is 5.23. The van der Waals surface area contributed by atoms with Gasteiger partial charge >= 0.3 is 0 Å². The molecule has 0 amide bonds. The summed E-state index contributed by atoms with van der Waals surface area (Å²) in [6.45, 7) is 0.317. The minimum Gasteiger partial charge on any atom is -0.471 e. The summed E-state index contributed by atoms with van der Waals surface area (Å²) < 4.78 is 7.70. The van der Waals surface area contributed by atoms with Crippen LogP contribution in [-0.2, 0) is 13.7 Å². The van der Waals surface area contributed by atoms with Gasteiger partial charge in [0.25, 0.3) is 0 Å². The molecule has 5 aromatic rings. The summed E-state index contributed by atoms with van der Waals surface area (Å²) in [7, 11) is 1.85. The van der Waals surface area contributed by atoms with Crippen LogP contribution in [0.2, 0.25) is 0 Å². The highest BCUT2D eigenvalue weighted by atomic mass is 16.5. The van der Waals surface area contributed by atoms with Crippen LogP contribution < -0.4 is 4.74 Å². The van der Waals surface area contributed by atoms with Gasteiger partial charge in [0.15, 0.2) is 11.5 Å². The van der Waals surface area contributed by atoms with E-state index in [-0.39, 0.29) is 0 Å². The standard InChI is InChI=1S/C19H15N7O/c1-26-18-15(10-22-26)19(27-11-12-5-2-3-8-20-12)24-17(23-18)13-6-4-7-16-14(13)9-21-25-16/h2-10H,11H2,1H3,(H,21,25). The first-order valence-corrected chi connectivity index (χ1v) is 8.44. The van der Waals surface area contributed by atoms with Crippen LogP contribution in [0, 0.1) is 0 Å². The molecule has 0 bridgehead atoms. The van der Waals surface area contributed by atoms with Crippen molar-refractivity contribution < 1.29 is 4.74 Å². The van der Waals surface area contributed by atoms with Gasteiger partial charge in [0, 0.05) is 24.2 Å². The first kappa shape index (κ1) is 15.4. The van der Waals surface area contributed by atoms with Gasteiger partial charge < -0.3 is 4.74 Å². The van der Waals surface area contributed by atoms with Gasteiger partial charge in [-0.05, 0) is 18.2 Å². The molecule has 5 rings (SSSR count). The Labute approximate surface area is 153 Å². The quantitative estimate of drug-likeness (QED) is 0.531. The minimum absolute atomic E-state index is 0.317. The van der Waals surface area contributed by atoms with Gasteiger partial charge in [-0.25, -0.2) is 4.98 Å². The highest BCUT2D eigenvalue weighted by molar-refractivity contribution is 5.93. The fraction of sp³-hybridized carbons (Fsp3) is 0.105. The van der Waals surface area contributed by atoms with Gasteiger partial charge in [0.2, 0.25) is 5.88 Å². The number of nitrogens with zero attached hydrogens (tertiary/aromatic N) is 6. The van der Waals surface area contributed by atoms with E-state index in [1.54, 1.807) is 23.3 Å². The Bertz CT molecular complexity index is 1240. The van der Waals surface area contributed by atoms with Gasteiger partial charge in [-0.15, -0.1) is 0 Å². The summed E-state index contributed by atoms with van der Waals surface area (Å²) in [4.78, 5) is 13.7. The van der Waals surface area contributed by atoms with Gasteiger partial charge in [0.05, 0.1) is 23.6 Å². The number of nitrogens with one attached hydrogen (secondary N) is 1. The second kappa shape index (κ2) is 6.17. The Kier molecular flexibility index (Phi) is 3.53. The number of benzene rings is 1. The molecular formula is C19H15N7O. The Hall–Kier alpha value is -3.81. The van der Waals surface area contributed by atoms with E-state index in [0.29, 0.717) is 24.0 Å². The average Bonchev–Trinajstić information content (AvgIpc) is 3.34. The number of aromatic nitrogens is 7. The van der Waals surface area contributed by atoms with E-state index in [0.717, 1.165) is 27.5 Å². The van der Waals surface area contributed by atoms with Crippen molar-refractivity contribution in [2.45, 2.75) is 6.61 Å². The molecule has 4 heterocycles. The number of H-pyrrole nitrogens is 1. The zero-order valence-corrected chi connectivity index (χ0v) is 14.5. The van der Waals surface area contributed by atoms with Crippen molar-refractivity contribution in [3.8, 4) is 17.3 Å². The van der Waals surface area contributed by atoms with Crippen molar-refractivity contribution >= 4 is 21.9 Å². The lowest BCUT2D eigenvalue weighted by Gasteiger charge is -2.09. The van der Waals surface area contributed by atoms with E-state index in [2.05, 4.69) is 25.3 Å². The molecule has 0 atom stereocenters. The predicted octanol–water partition coefficient (Wildman–Crippen LogP) is 2.88. The first-order chi connectivity index (χ1) is 13.3. The van der Waals surface area contributed by atoms with Crippen molar-refractivity contribution in [2.75, 3.05) is 0 Å². The molecular weight excluding hydrogens is 342 g/mol. The third-order valence-corrected chi connectivity index (χ3v) is 4.37. The number of hydrogen-bond acceptors (Lipinski definition) is 6. The molecule has 0 fully saturated rings. The molecule has 4 aromatic heterocycles. The fourth-order valence-corrected chi connectivity index (χ4v) is 3.02. The number of hydrogen-bond donors (Lipinski definition) is 1. The maximum atomic E-state index is 5.98. The molecule has 8 heteroatoms. The molecule has 0 saturated heterocycles. The third-order valence-electron chi connectivity index (χ3n) is 4.37. The molecule has 0 spiro atoms. The van der Waals surface area contributed by atoms with Crippen molar-refractivity contribution in [1.29, 1.82) is 0 Å². The monoisotopic (exact) mass is 357 g/mol. The maximum absolute atomic E-state index is 5.98. The molecule has 8 nitrogen and oxygen atoms in total. The molecule has 27 heavy (non-hydrogen) atoms. The van der Waals surface area contributed by atoms with Crippen molar-refractivity contribution in [2.24, 2.45) is 7.05 Å². The summed E-state index contributed by atoms with van der Waals surface area (Å²) in [5, 5.41) is 13.1. The lowest BCUT2D eigenvalue weighted by atomic mass is 10.1. The van der Waals surface area contributed by atoms with Crippen LogP contribution >= 0.6 is 0 Å². The second-order valence-corrected chi connectivity index (χ2v) is 6.10. The van der Waals surface area contributed by atoms with Crippen LogP contribution in [0.4, 0.5) is 0 Å². The first-order valence-electron chi connectivity index (χ1n) is 8.44. The maximum Gasteiger partial charge on any atom is 0.228 e. The van der Waals surface area contributed by atoms with E-state index >= 15 is 0 Å². The number of pyridine rings is 1. The summed E-state index contributed by atoms with van der Waals surface area (Å²) in [5.41, 5.74) is 3.34. The normalized spacial score (nSPS) is 11.3. The Morgan fingerprint density at radius 2 is 2.00 bits per heavy atom. The van der Waals surface area contributed by atoms with Crippen molar-refractivity contribution in [1.82, 2.24) is 34.9 Å². The largest absolute Gasteiger partial charge is 0.471 e. The molecule has 0 aliphatic carbocycles. The third kappa shape index (κ3) is 2.67. The highest BCUT2D eigenvalue weighted by Crippen LogP contribution is 2.30. The summed E-state index contributed by atoms with van der Waals surface area (Å²) >= 11 is 0. The minimum atomic E-state index is 0.317. The summed E-state index contributed by atoms with van der Waals surface area (Å²) in [5.74, 6) is 1.04. The number of fused-ring (bicyclic) bond motifs is 2. The van der Waals surface area contributed by atoms with E-state index in [1.807, 2.05) is 43.4 Å². The zero-order chi connectivity index (χ0) is 18.2. The van der Waals surface area contributed by atoms with Gasteiger partial charge in [-0.1, -0.05) is 18.2 Å². The van der Waals surface area contributed by atoms with Crippen LogP contribution in [0.15, 0.2) is 55.0 Å². The highest BCUT2D eigenvalue weighted by Gasteiger charge is 2.16. The Morgan fingerprint density at radius 3 is 2.89 bits per heavy atom. The molecule has 0 unspecified atom stereocenters. The van der Waals surface area contributed by atoms with Crippen LogP contribution in [0.5, 0.6) is 5.88 Å². The fourth-order valence-electron chi connectivity index (χ4n) is 3.02. The lowest BCUT2D eigenvalue weighted by molar-refractivity contribution is 0.293. The molecule has 0 aliphatic heterocycles. The van der Waals surface area contributed by atoms with Crippen molar-refractivity contribution in [3.63, 3.8) is 0 Å². The van der Waals surface area contributed by atoms with Crippen LogP contribution in [0.3, 0.4) is 0 Å². The summed E-state index contributed by atoms with van der Waals surface area (Å²) in [6, 6.07) is 11.6. The number of rotatable bonds is 4. The molecule has 0 aliphatic rings. The molecule has 1 aromatic carbocycles. The molecule has 0 radical (unpaired) electrons. The topological polar surface area (TPSA) is 94.4 Å². The van der Waals surface area contributed by atoms with Crippen LogP contribution in [0.25, 0.3) is 33.3 Å². The Balaban J connectivity index is 1.63. The van der Waals surface area contributed by atoms with Crippen LogP contribution in [-0.4, -0.2) is 34.9 Å². The van der Waals surface area contributed by atoms with E-state index in [9.17, 15) is 0 Å². The SMILES string of the molecule is Cn1ncc2c(OCc3ccccn3)nc(-c3cccc4[nH]ncc34)nc21. The van der Waals surface area contributed by atoms with Gasteiger partial charge in [0.1, 0.15) is 12.0 Å². The average molecular weight is 357 g/mol. The van der Waals surface area contributed by atoms with Crippen molar-refractivity contribution in [3.05, 3.63) is 60.7 Å². The van der Waals surface area contributed by atoms with Crippen LogP contribution in [0.1, 0.15) is 5.69 Å².